The molecule has 4 nitrogen and oxygen atoms in total. The van der Waals surface area contributed by atoms with E-state index < -0.39 is 5.41 Å². The quantitative estimate of drug-likeness (QED) is 0.0424. The molecule has 3 aromatic carbocycles. The van der Waals surface area contributed by atoms with E-state index in [0.29, 0.717) is 34.2 Å². The highest BCUT2D eigenvalue weighted by atomic mass is 32.1. The monoisotopic (exact) mass is 855 g/mol. The molecule has 0 bridgehead atoms. The van der Waals surface area contributed by atoms with E-state index in [1.54, 1.807) is 0 Å². The van der Waals surface area contributed by atoms with Crippen molar-refractivity contribution in [1.82, 2.24) is 17.5 Å². The van der Waals surface area contributed by atoms with Crippen molar-refractivity contribution >= 4 is 45.5 Å². The molecular weight excluding hydrogens is 783 g/mol. The summed E-state index contributed by atoms with van der Waals surface area (Å²) in [6.45, 7) is 4.57. The second-order valence-electron chi connectivity index (χ2n) is 18.5. The standard InChI is InChI=1S/C52H72F2N4S2/c1-3-5-7-9-11-13-15-17-19-21-23-25-27-29-35-52(36-30-28-26-24-22-20-18-16-14-12-10-8-6-4-2)40-32-34-42-51(58-60-56-42)45(40)46-47(52)49(54)44-39(48(46)53)37-38-31-33-41-50(43(38)44)57-59-55-41/h31-34H,3-30,35-37H2,1-2H3. The molecule has 326 valence electrons. The maximum absolute atomic E-state index is 18.1. The van der Waals surface area contributed by atoms with E-state index in [1.165, 1.54) is 166 Å². The Hall–Kier alpha value is -2.84. The number of hydrogen-bond acceptors (Lipinski definition) is 6. The van der Waals surface area contributed by atoms with Gasteiger partial charge in [-0.3, -0.25) is 0 Å². The second-order valence-corrected chi connectivity index (χ2v) is 19.6. The van der Waals surface area contributed by atoms with Gasteiger partial charge in [0, 0.05) is 45.2 Å². The van der Waals surface area contributed by atoms with Crippen LogP contribution in [0, 0.1) is 11.6 Å². The van der Waals surface area contributed by atoms with Crippen LogP contribution in [0.3, 0.4) is 0 Å². The molecule has 0 aliphatic heterocycles. The van der Waals surface area contributed by atoms with Crippen LogP contribution in [0.25, 0.3) is 44.3 Å². The van der Waals surface area contributed by atoms with Gasteiger partial charge in [0.15, 0.2) is 0 Å². The molecule has 2 aromatic heterocycles. The molecule has 0 radical (unpaired) electrons. The Balaban J connectivity index is 1.06. The fourth-order valence-corrected chi connectivity index (χ4v) is 12.0. The molecule has 0 N–H and O–H groups in total. The lowest BCUT2D eigenvalue weighted by molar-refractivity contribution is 0.383. The molecule has 0 unspecified atom stereocenters. The number of aromatic nitrogens is 4. The number of nitrogens with zero attached hydrogens (tertiary/aromatic N) is 4. The molecule has 0 saturated carbocycles. The van der Waals surface area contributed by atoms with Crippen LogP contribution in [-0.2, 0) is 11.8 Å². The zero-order valence-electron chi connectivity index (χ0n) is 37.1. The van der Waals surface area contributed by atoms with Crippen molar-refractivity contribution in [1.29, 1.82) is 0 Å². The summed E-state index contributed by atoms with van der Waals surface area (Å²) in [7, 11) is 0. The van der Waals surface area contributed by atoms with Gasteiger partial charge in [-0.05, 0) is 36.1 Å². The zero-order valence-corrected chi connectivity index (χ0v) is 38.7. The lowest BCUT2D eigenvalue weighted by Crippen LogP contribution is -2.27. The van der Waals surface area contributed by atoms with E-state index in [9.17, 15) is 0 Å². The van der Waals surface area contributed by atoms with Crippen molar-refractivity contribution in [3.05, 3.63) is 58.2 Å². The van der Waals surface area contributed by atoms with E-state index in [1.807, 2.05) is 12.1 Å². The van der Waals surface area contributed by atoms with Gasteiger partial charge in [0.2, 0.25) is 0 Å². The lowest BCUT2D eigenvalue weighted by Gasteiger charge is -2.33. The van der Waals surface area contributed by atoms with Crippen LogP contribution >= 0.6 is 23.5 Å². The Kier molecular flexibility index (Phi) is 17.3. The second kappa shape index (κ2) is 23.0. The van der Waals surface area contributed by atoms with E-state index >= 15 is 8.78 Å². The molecule has 5 aromatic rings. The van der Waals surface area contributed by atoms with Crippen molar-refractivity contribution in [2.24, 2.45) is 0 Å². The molecule has 2 aliphatic rings. The van der Waals surface area contributed by atoms with Crippen LogP contribution in [0.1, 0.15) is 229 Å². The van der Waals surface area contributed by atoms with Crippen LogP contribution in [0.5, 0.6) is 0 Å². The van der Waals surface area contributed by atoms with Gasteiger partial charge < -0.3 is 0 Å². The third kappa shape index (κ3) is 10.3. The molecule has 2 heterocycles. The molecule has 0 atom stereocenters. The summed E-state index contributed by atoms with van der Waals surface area (Å²) in [6, 6.07) is 8.16. The minimum atomic E-state index is -0.617. The number of unbranched alkanes of at least 4 members (excludes halogenated alkanes) is 26. The Morgan fingerprint density at radius 1 is 0.450 bits per heavy atom. The summed E-state index contributed by atoms with van der Waals surface area (Å²) in [4.78, 5) is 0. The van der Waals surface area contributed by atoms with E-state index in [2.05, 4.69) is 39.1 Å². The summed E-state index contributed by atoms with van der Waals surface area (Å²) in [5.41, 5.74) is 7.77. The van der Waals surface area contributed by atoms with E-state index in [-0.39, 0.29) is 11.6 Å². The molecule has 0 amide bonds. The molecule has 7 rings (SSSR count). The third-order valence-electron chi connectivity index (χ3n) is 14.2. The number of halogens is 2. The van der Waals surface area contributed by atoms with Gasteiger partial charge >= 0.3 is 0 Å². The molecule has 8 heteroatoms. The summed E-state index contributed by atoms with van der Waals surface area (Å²) in [5, 5.41) is 0. The van der Waals surface area contributed by atoms with Crippen molar-refractivity contribution in [3.8, 4) is 22.3 Å². The largest absolute Gasteiger partial charge is 0.206 e. The Bertz CT molecular complexity index is 2070. The first-order chi connectivity index (χ1) is 29.6. The van der Waals surface area contributed by atoms with Crippen LogP contribution in [0.4, 0.5) is 8.78 Å². The van der Waals surface area contributed by atoms with Crippen LogP contribution in [0.15, 0.2) is 24.3 Å². The van der Waals surface area contributed by atoms with Gasteiger partial charge in [0.1, 0.15) is 33.7 Å². The predicted octanol–water partition coefficient (Wildman–Crippen LogP) is 17.6. The minimum absolute atomic E-state index is 0.246. The Morgan fingerprint density at radius 2 is 0.867 bits per heavy atom. The highest BCUT2D eigenvalue weighted by Crippen LogP contribution is 2.60. The van der Waals surface area contributed by atoms with Crippen LogP contribution in [0.2, 0.25) is 0 Å². The maximum Gasteiger partial charge on any atom is 0.136 e. The van der Waals surface area contributed by atoms with Gasteiger partial charge in [-0.1, -0.05) is 206 Å². The Morgan fingerprint density at radius 3 is 1.33 bits per heavy atom. The van der Waals surface area contributed by atoms with Crippen molar-refractivity contribution in [2.75, 3.05) is 0 Å². The van der Waals surface area contributed by atoms with Crippen molar-refractivity contribution in [3.63, 3.8) is 0 Å². The minimum Gasteiger partial charge on any atom is -0.206 e. The summed E-state index contributed by atoms with van der Waals surface area (Å²) in [6.07, 6.45) is 38.4. The number of rotatable bonds is 30. The zero-order chi connectivity index (χ0) is 41.6. The molecule has 0 saturated heterocycles. The van der Waals surface area contributed by atoms with Crippen molar-refractivity contribution in [2.45, 2.75) is 218 Å². The number of hydrogen-bond donors (Lipinski definition) is 0. The highest BCUT2D eigenvalue weighted by molar-refractivity contribution is 7.00. The number of fused-ring (bicyclic) bond motifs is 10. The highest BCUT2D eigenvalue weighted by Gasteiger charge is 2.49. The SMILES string of the molecule is CCCCCCCCCCCCCCCCC1(CCCCCCCCCCCCCCCC)c2ccc3nsnc3c2-c2c(F)c3c(c(F)c21)-c1c(ccc2nsnc12)C3. The van der Waals surface area contributed by atoms with Gasteiger partial charge in [0.05, 0.1) is 23.5 Å². The summed E-state index contributed by atoms with van der Waals surface area (Å²) in [5.74, 6) is -0.525. The molecule has 2 aliphatic carbocycles. The van der Waals surface area contributed by atoms with Gasteiger partial charge in [-0.2, -0.15) is 17.5 Å². The molecule has 60 heavy (non-hydrogen) atoms. The van der Waals surface area contributed by atoms with E-state index in [4.69, 9.17) is 4.37 Å². The predicted molar refractivity (Wildman–Crippen MR) is 253 cm³/mol. The van der Waals surface area contributed by atoms with Crippen LogP contribution in [-0.4, -0.2) is 17.5 Å². The first-order valence-corrected chi connectivity index (χ1v) is 26.1. The molecule has 0 fully saturated rings. The van der Waals surface area contributed by atoms with Gasteiger partial charge in [0.25, 0.3) is 0 Å². The summed E-state index contributed by atoms with van der Waals surface area (Å²) >= 11 is 2.31. The van der Waals surface area contributed by atoms with Gasteiger partial charge in [-0.25, -0.2) is 8.78 Å². The number of benzene rings is 3. The molecular formula is C52H72F2N4S2. The van der Waals surface area contributed by atoms with Crippen molar-refractivity contribution < 1.29 is 8.78 Å². The fourth-order valence-electron chi connectivity index (χ4n) is 10.9. The lowest BCUT2D eigenvalue weighted by atomic mass is 9.69. The maximum atomic E-state index is 18.1. The average molecular weight is 855 g/mol. The Labute approximate surface area is 368 Å². The average Bonchev–Trinajstić information content (AvgIpc) is 4.07. The topological polar surface area (TPSA) is 51.6 Å². The van der Waals surface area contributed by atoms with Crippen LogP contribution < -0.4 is 0 Å². The van der Waals surface area contributed by atoms with E-state index in [0.717, 1.165) is 89.1 Å². The molecule has 0 spiro atoms. The first kappa shape index (κ1) is 45.2. The normalized spacial score (nSPS) is 13.7. The summed E-state index contributed by atoms with van der Waals surface area (Å²) < 4.78 is 54.1. The smallest absolute Gasteiger partial charge is 0.136 e. The fraction of sp³-hybridized carbons (Fsp3) is 0.654. The third-order valence-corrected chi connectivity index (χ3v) is 15.3. The van der Waals surface area contributed by atoms with Gasteiger partial charge in [-0.15, -0.1) is 0 Å². The first-order valence-electron chi connectivity index (χ1n) is 24.7.